The van der Waals surface area contributed by atoms with Gasteiger partial charge in [0.25, 0.3) is 0 Å². The monoisotopic (exact) mass is 331 g/mol. The molecule has 0 saturated carbocycles. The summed E-state index contributed by atoms with van der Waals surface area (Å²) in [5.41, 5.74) is 6.28. The minimum Gasteiger partial charge on any atom is -0.489 e. The molecular formula is C23H25NO. The van der Waals surface area contributed by atoms with Crippen LogP contribution in [0, 0.1) is 13.8 Å². The second kappa shape index (κ2) is 8.50. The molecule has 0 bridgehead atoms. The number of nitrogens with one attached hydrogen (secondary N) is 1. The first-order valence-electron chi connectivity index (χ1n) is 8.72. The van der Waals surface area contributed by atoms with Crippen molar-refractivity contribution in [3.63, 3.8) is 0 Å². The van der Waals surface area contributed by atoms with Gasteiger partial charge >= 0.3 is 0 Å². The summed E-state index contributed by atoms with van der Waals surface area (Å²) in [5.74, 6) is 0.912. The van der Waals surface area contributed by atoms with E-state index >= 15 is 0 Å². The second-order valence-corrected chi connectivity index (χ2v) is 6.51. The maximum Gasteiger partial charge on any atom is 0.120 e. The smallest absolute Gasteiger partial charge is 0.120 e. The van der Waals surface area contributed by atoms with Crippen molar-refractivity contribution in [2.75, 3.05) is 0 Å². The predicted octanol–water partition coefficient (Wildman–Crippen LogP) is 5.17. The lowest BCUT2D eigenvalue weighted by atomic mass is 10.1. The van der Waals surface area contributed by atoms with Gasteiger partial charge in [0.2, 0.25) is 0 Å². The highest BCUT2D eigenvalue weighted by Crippen LogP contribution is 2.16. The van der Waals surface area contributed by atoms with Crippen LogP contribution in [0.5, 0.6) is 5.75 Å². The van der Waals surface area contributed by atoms with Gasteiger partial charge in [-0.25, -0.2) is 0 Å². The summed E-state index contributed by atoms with van der Waals surface area (Å²) < 4.78 is 5.92. The summed E-state index contributed by atoms with van der Waals surface area (Å²) in [6, 6.07) is 25.4. The lowest BCUT2D eigenvalue weighted by molar-refractivity contribution is 0.306. The van der Waals surface area contributed by atoms with Crippen LogP contribution < -0.4 is 10.1 Å². The molecule has 25 heavy (non-hydrogen) atoms. The van der Waals surface area contributed by atoms with Crippen LogP contribution in [0.3, 0.4) is 0 Å². The maximum atomic E-state index is 5.92. The predicted molar refractivity (Wildman–Crippen MR) is 104 cm³/mol. The summed E-state index contributed by atoms with van der Waals surface area (Å²) in [4.78, 5) is 0. The normalized spacial score (nSPS) is 10.6. The summed E-state index contributed by atoms with van der Waals surface area (Å²) in [6.07, 6.45) is 0. The molecule has 3 rings (SSSR count). The third kappa shape index (κ3) is 5.47. The Balaban J connectivity index is 1.50. The first kappa shape index (κ1) is 17.2. The van der Waals surface area contributed by atoms with Crippen molar-refractivity contribution in [3.8, 4) is 5.75 Å². The summed E-state index contributed by atoms with van der Waals surface area (Å²) in [5, 5.41) is 3.49. The van der Waals surface area contributed by atoms with Gasteiger partial charge in [0, 0.05) is 13.1 Å². The van der Waals surface area contributed by atoms with Crippen LogP contribution in [0.25, 0.3) is 0 Å². The van der Waals surface area contributed by atoms with Gasteiger partial charge < -0.3 is 10.1 Å². The minimum atomic E-state index is 0.598. The molecule has 0 atom stereocenters. The molecule has 0 spiro atoms. The molecule has 0 unspecified atom stereocenters. The lowest BCUT2D eigenvalue weighted by Crippen LogP contribution is -2.12. The SMILES string of the molecule is Cc1ccc(CNCc2cccc(OCc3ccc(C)cc3)c2)cc1. The minimum absolute atomic E-state index is 0.598. The third-order valence-electron chi connectivity index (χ3n) is 4.20. The van der Waals surface area contributed by atoms with E-state index in [1.54, 1.807) is 0 Å². The van der Waals surface area contributed by atoms with E-state index in [0.29, 0.717) is 6.61 Å². The Bertz CT molecular complexity index is 791. The molecule has 0 aliphatic heterocycles. The number of aryl methyl sites for hydroxylation is 2. The summed E-state index contributed by atoms with van der Waals surface area (Å²) in [7, 11) is 0. The van der Waals surface area contributed by atoms with Gasteiger partial charge in [0.1, 0.15) is 12.4 Å². The average Bonchev–Trinajstić information content (AvgIpc) is 2.63. The quantitative estimate of drug-likeness (QED) is 0.645. The zero-order chi connectivity index (χ0) is 17.5. The fraction of sp³-hybridized carbons (Fsp3) is 0.217. The molecule has 2 nitrogen and oxygen atoms in total. The Hall–Kier alpha value is -2.58. The van der Waals surface area contributed by atoms with Crippen molar-refractivity contribution >= 4 is 0 Å². The van der Waals surface area contributed by atoms with Crippen LogP contribution in [-0.2, 0) is 19.7 Å². The Morgan fingerprint density at radius 2 is 1.28 bits per heavy atom. The molecule has 0 aliphatic rings. The fourth-order valence-corrected chi connectivity index (χ4v) is 2.65. The molecular weight excluding hydrogens is 306 g/mol. The van der Waals surface area contributed by atoms with Crippen LogP contribution in [0.4, 0.5) is 0 Å². The van der Waals surface area contributed by atoms with E-state index in [2.05, 4.69) is 79.8 Å². The molecule has 0 aromatic heterocycles. The molecule has 128 valence electrons. The highest BCUT2D eigenvalue weighted by molar-refractivity contribution is 5.29. The standard InChI is InChI=1S/C23H25NO/c1-18-6-10-20(11-7-18)15-24-16-22-4-3-5-23(14-22)25-17-21-12-8-19(2)9-13-21/h3-14,24H,15-17H2,1-2H3. The number of ether oxygens (including phenoxy) is 1. The van der Waals surface area contributed by atoms with Gasteiger partial charge in [-0.3, -0.25) is 0 Å². The van der Waals surface area contributed by atoms with E-state index in [-0.39, 0.29) is 0 Å². The van der Waals surface area contributed by atoms with Gasteiger partial charge in [-0.1, -0.05) is 71.8 Å². The maximum absolute atomic E-state index is 5.92. The van der Waals surface area contributed by atoms with Gasteiger partial charge in [-0.15, -0.1) is 0 Å². The van der Waals surface area contributed by atoms with E-state index in [1.807, 2.05) is 12.1 Å². The zero-order valence-electron chi connectivity index (χ0n) is 15.0. The molecule has 0 heterocycles. The van der Waals surface area contributed by atoms with E-state index in [4.69, 9.17) is 4.74 Å². The molecule has 3 aromatic rings. The van der Waals surface area contributed by atoms with Crippen molar-refractivity contribution in [2.45, 2.75) is 33.5 Å². The first-order valence-corrected chi connectivity index (χ1v) is 8.72. The van der Waals surface area contributed by atoms with Gasteiger partial charge in [-0.05, 0) is 42.7 Å². The molecule has 0 radical (unpaired) electrons. The van der Waals surface area contributed by atoms with E-state index in [1.165, 1.54) is 27.8 Å². The number of hydrogen-bond donors (Lipinski definition) is 1. The molecule has 0 aliphatic carbocycles. The molecule has 3 aromatic carbocycles. The van der Waals surface area contributed by atoms with Crippen molar-refractivity contribution in [1.29, 1.82) is 0 Å². The van der Waals surface area contributed by atoms with E-state index in [0.717, 1.165) is 18.8 Å². The van der Waals surface area contributed by atoms with Crippen LogP contribution in [0.2, 0.25) is 0 Å². The van der Waals surface area contributed by atoms with Crippen molar-refractivity contribution in [3.05, 3.63) is 101 Å². The van der Waals surface area contributed by atoms with E-state index < -0.39 is 0 Å². The van der Waals surface area contributed by atoms with Gasteiger partial charge in [0.05, 0.1) is 0 Å². The molecule has 0 fully saturated rings. The van der Waals surface area contributed by atoms with Gasteiger partial charge in [0.15, 0.2) is 0 Å². The van der Waals surface area contributed by atoms with Gasteiger partial charge in [-0.2, -0.15) is 0 Å². The molecule has 2 heteroatoms. The highest BCUT2D eigenvalue weighted by Gasteiger charge is 1.99. The van der Waals surface area contributed by atoms with Crippen LogP contribution in [0.1, 0.15) is 27.8 Å². The highest BCUT2D eigenvalue weighted by atomic mass is 16.5. The molecule has 0 saturated heterocycles. The molecule has 1 N–H and O–H groups in total. The summed E-state index contributed by atoms with van der Waals surface area (Å²) in [6.45, 7) is 6.50. The number of benzene rings is 3. The van der Waals surface area contributed by atoms with Crippen LogP contribution in [0.15, 0.2) is 72.8 Å². The lowest BCUT2D eigenvalue weighted by Gasteiger charge is -2.10. The van der Waals surface area contributed by atoms with Crippen molar-refractivity contribution in [2.24, 2.45) is 0 Å². The fourth-order valence-electron chi connectivity index (χ4n) is 2.65. The van der Waals surface area contributed by atoms with Crippen molar-refractivity contribution in [1.82, 2.24) is 5.32 Å². The average molecular weight is 331 g/mol. The summed E-state index contributed by atoms with van der Waals surface area (Å²) >= 11 is 0. The Kier molecular flexibility index (Phi) is 5.86. The second-order valence-electron chi connectivity index (χ2n) is 6.51. The van der Waals surface area contributed by atoms with Crippen LogP contribution >= 0.6 is 0 Å². The zero-order valence-corrected chi connectivity index (χ0v) is 15.0. The Morgan fingerprint density at radius 3 is 1.96 bits per heavy atom. The number of rotatable bonds is 7. The van der Waals surface area contributed by atoms with Crippen LogP contribution in [-0.4, -0.2) is 0 Å². The Morgan fingerprint density at radius 1 is 0.680 bits per heavy atom. The first-order chi connectivity index (χ1) is 12.2. The van der Waals surface area contributed by atoms with Crippen molar-refractivity contribution < 1.29 is 4.74 Å². The molecule has 0 amide bonds. The van der Waals surface area contributed by atoms with E-state index in [9.17, 15) is 0 Å². The largest absolute Gasteiger partial charge is 0.489 e. The Labute approximate surface area is 150 Å². The number of hydrogen-bond acceptors (Lipinski definition) is 2. The topological polar surface area (TPSA) is 21.3 Å². The third-order valence-corrected chi connectivity index (χ3v) is 4.20.